The molecule has 0 aromatic carbocycles. The van der Waals surface area contributed by atoms with Gasteiger partial charge < -0.3 is 5.11 Å². The van der Waals surface area contributed by atoms with Crippen LogP contribution in [0.25, 0.3) is 0 Å². The van der Waals surface area contributed by atoms with Crippen molar-refractivity contribution in [2.75, 3.05) is 6.61 Å². The zero-order valence-corrected chi connectivity index (χ0v) is 18.5. The normalized spacial score (nSPS) is 27.7. The zero-order valence-electron chi connectivity index (χ0n) is 16.9. The molecule has 2 nitrogen and oxygen atoms in total. The summed E-state index contributed by atoms with van der Waals surface area (Å²) < 4.78 is 0. The molecule has 0 spiro atoms. The van der Waals surface area contributed by atoms with Gasteiger partial charge in [-0.2, -0.15) is 0 Å². The number of aliphatic hydroxyl groups excluding tert-OH is 1. The minimum absolute atomic E-state index is 0. The Morgan fingerprint density at radius 2 is 1.08 bits per heavy atom. The summed E-state index contributed by atoms with van der Waals surface area (Å²) in [6, 6.07) is 0. The van der Waals surface area contributed by atoms with Crippen LogP contribution in [0, 0.1) is 39.9 Å². The van der Waals surface area contributed by atoms with Crippen LogP contribution in [0.1, 0.15) is 228 Å². The monoisotopic (exact) mass is 749 g/mol. The number of halogens is 2. The summed E-state index contributed by atoms with van der Waals surface area (Å²) >= 11 is 13.0. The number of allylic oxidation sites excluding steroid dienone is 2. The zero-order chi connectivity index (χ0) is 19.6. The van der Waals surface area contributed by atoms with Gasteiger partial charge in [-0.3, -0.25) is 4.79 Å². The van der Waals surface area contributed by atoms with Gasteiger partial charge in [-0.1, -0.05) is 181 Å². The SMILES string of the molecule is C.C.C.C.C.C.C.C.C.C.C.C.C.C.C.C.C.C.C.C.C.CC(=O)[C@@]1(C(Cl)Cl)CCC2C3CC=C4C[C@@H](CO)CC[C@]4(C)C3CC[C@@]21C. The fourth-order valence-corrected chi connectivity index (χ4v) is 9.08. The molecule has 0 bridgehead atoms. The van der Waals surface area contributed by atoms with Crippen molar-refractivity contribution in [3.05, 3.63) is 11.6 Å². The van der Waals surface area contributed by atoms with Crippen LogP contribution < -0.4 is 0 Å². The predicted octanol–water partition coefficient (Wildman–Crippen LogP) is 19.3. The van der Waals surface area contributed by atoms with Crippen molar-refractivity contribution >= 4 is 29.0 Å². The third-order valence-electron chi connectivity index (χ3n) is 9.72. The minimum Gasteiger partial charge on any atom is -0.396 e. The first-order chi connectivity index (χ1) is 12.7. The Morgan fingerprint density at radius 1 is 0.688 bits per heavy atom. The van der Waals surface area contributed by atoms with Crippen LogP contribution in [-0.2, 0) is 4.79 Å². The molecule has 3 fully saturated rings. The van der Waals surface area contributed by atoms with Crippen molar-refractivity contribution in [2.24, 2.45) is 39.9 Å². The Morgan fingerprint density at radius 3 is 1.44 bits per heavy atom. The molecule has 4 heteroatoms. The smallest absolute Gasteiger partial charge is 0.139 e. The number of carbonyl (C=O) groups excluding carboxylic acids is 1. The first-order valence-electron chi connectivity index (χ1n) is 10.8. The maximum absolute atomic E-state index is 12.8. The van der Waals surface area contributed by atoms with Gasteiger partial charge in [-0.05, 0) is 92.8 Å². The standard InChI is InChI=1S/C23H34Cl2O2.21CH4/c1-14(27)23(20(24)25)11-8-19-17-5-4-16-12-15(13-26)6-9-21(16,2)18(17)7-10-22(19,23)3;;;;;;;;;;;;;;;;;;;;;/h4,15,17-20,26H,5-13H2,1-3H3;21*1H4/t15-,17?,18?,19?,21-,22-,23+;;;;;;;;;;;;;;;;;;;;;/m0...................../s1. The van der Waals surface area contributed by atoms with E-state index in [0.717, 1.165) is 38.5 Å². The fourth-order valence-electron chi connectivity index (χ4n) is 8.06. The number of hydrogen-bond donors (Lipinski definition) is 1. The van der Waals surface area contributed by atoms with Crippen molar-refractivity contribution in [3.8, 4) is 0 Å². The molecule has 0 amide bonds. The van der Waals surface area contributed by atoms with E-state index in [1.165, 1.54) is 12.8 Å². The number of Topliss-reactive ketones (excluding diaryl/α,β-unsaturated/α-hetero) is 1. The summed E-state index contributed by atoms with van der Waals surface area (Å²) in [6.45, 7) is 6.80. The molecule has 4 aliphatic rings. The largest absolute Gasteiger partial charge is 0.396 e. The third kappa shape index (κ3) is 16.1. The highest BCUT2D eigenvalue weighted by atomic mass is 35.5. The quantitative estimate of drug-likeness (QED) is 0.230. The Balaban J connectivity index is -0.0000000268. The molecule has 0 saturated heterocycles. The first kappa shape index (κ1) is 118. The Bertz CT molecular complexity index is 662. The molecule has 0 aromatic heterocycles. The van der Waals surface area contributed by atoms with Gasteiger partial charge in [0.1, 0.15) is 10.6 Å². The number of hydrogen-bond acceptors (Lipinski definition) is 2. The molecule has 4 rings (SSSR count). The topological polar surface area (TPSA) is 37.3 Å². The number of carbonyl (C=O) groups is 1. The Kier molecular flexibility index (Phi) is 102. The number of fused-ring (bicyclic) bond motifs is 5. The average Bonchev–Trinajstić information content (AvgIpc) is 2.95. The summed E-state index contributed by atoms with van der Waals surface area (Å²) in [5, 5.41) is 9.63. The van der Waals surface area contributed by atoms with E-state index in [1.807, 2.05) is 0 Å². The number of aliphatic hydroxyl groups is 1. The second kappa shape index (κ2) is 41.4. The lowest BCUT2D eigenvalue weighted by Gasteiger charge is -2.59. The molecular weight excluding hydrogens is 631 g/mol. The van der Waals surface area contributed by atoms with E-state index in [4.69, 9.17) is 23.2 Å². The average molecular weight is 750 g/mol. The van der Waals surface area contributed by atoms with E-state index in [1.54, 1.807) is 12.5 Å². The van der Waals surface area contributed by atoms with Crippen molar-refractivity contribution < 1.29 is 9.90 Å². The molecule has 4 aliphatic carbocycles. The highest BCUT2D eigenvalue weighted by Gasteiger charge is 2.67. The lowest BCUT2D eigenvalue weighted by Crippen LogP contribution is -2.55. The van der Waals surface area contributed by atoms with E-state index in [-0.39, 0.29) is 173 Å². The summed E-state index contributed by atoms with van der Waals surface area (Å²) in [5.41, 5.74) is 1.21. The van der Waals surface area contributed by atoms with E-state index in [0.29, 0.717) is 30.3 Å². The molecule has 3 unspecified atom stereocenters. The fraction of sp³-hybridized carbons (Fsp3) is 0.932. The predicted molar refractivity (Wildman–Crippen MR) is 252 cm³/mol. The van der Waals surface area contributed by atoms with Gasteiger partial charge in [0.2, 0.25) is 0 Å². The highest BCUT2D eigenvalue weighted by Crippen LogP contribution is 2.71. The Labute approximate surface area is 328 Å². The van der Waals surface area contributed by atoms with Crippen molar-refractivity contribution in [3.63, 3.8) is 0 Å². The molecule has 7 atom stereocenters. The van der Waals surface area contributed by atoms with Crippen LogP contribution in [0.3, 0.4) is 0 Å². The molecule has 0 heterocycles. The van der Waals surface area contributed by atoms with Gasteiger partial charge in [-0.25, -0.2) is 0 Å². The molecule has 48 heavy (non-hydrogen) atoms. The van der Waals surface area contributed by atoms with E-state index in [9.17, 15) is 9.90 Å². The van der Waals surface area contributed by atoms with Crippen LogP contribution in [0.2, 0.25) is 0 Å². The lowest BCUT2D eigenvalue weighted by molar-refractivity contribution is -0.138. The molecule has 1 N–H and O–H groups in total. The van der Waals surface area contributed by atoms with Gasteiger partial charge in [0.25, 0.3) is 0 Å². The summed E-state index contributed by atoms with van der Waals surface area (Å²) in [6.07, 6.45) is 11.2. The van der Waals surface area contributed by atoms with Crippen LogP contribution in [0.5, 0.6) is 0 Å². The molecule has 0 aliphatic heterocycles. The number of alkyl halides is 2. The number of rotatable bonds is 3. The molecule has 320 valence electrons. The van der Waals surface area contributed by atoms with Crippen LogP contribution in [0.4, 0.5) is 0 Å². The molecule has 3 saturated carbocycles. The summed E-state index contributed by atoms with van der Waals surface area (Å²) in [4.78, 5) is 12.2. The third-order valence-corrected chi connectivity index (χ3v) is 10.5. The minimum atomic E-state index is -0.619. The molecule has 0 aromatic rings. The molecule has 0 radical (unpaired) electrons. The van der Waals surface area contributed by atoms with Crippen LogP contribution >= 0.6 is 23.2 Å². The lowest BCUT2D eigenvalue weighted by atomic mass is 9.45. The van der Waals surface area contributed by atoms with E-state index >= 15 is 0 Å². The van der Waals surface area contributed by atoms with Gasteiger partial charge in [0.15, 0.2) is 0 Å². The number of ketones is 1. The molecular formula is C44H118Cl2O2. The summed E-state index contributed by atoms with van der Waals surface area (Å²) in [7, 11) is 0. The van der Waals surface area contributed by atoms with Crippen molar-refractivity contribution in [1.82, 2.24) is 0 Å². The van der Waals surface area contributed by atoms with Crippen molar-refractivity contribution in [1.29, 1.82) is 0 Å². The van der Waals surface area contributed by atoms with Crippen molar-refractivity contribution in [2.45, 2.75) is 233 Å². The van der Waals surface area contributed by atoms with Crippen LogP contribution in [0.15, 0.2) is 11.6 Å². The maximum Gasteiger partial charge on any atom is 0.139 e. The van der Waals surface area contributed by atoms with Gasteiger partial charge in [-0.15, -0.1) is 23.2 Å². The maximum atomic E-state index is 12.8. The highest BCUT2D eigenvalue weighted by molar-refractivity contribution is 6.46. The van der Waals surface area contributed by atoms with Crippen LogP contribution in [-0.4, -0.2) is 22.3 Å². The van der Waals surface area contributed by atoms with E-state index in [2.05, 4.69) is 19.9 Å². The van der Waals surface area contributed by atoms with Gasteiger partial charge in [0, 0.05) is 6.61 Å². The van der Waals surface area contributed by atoms with Gasteiger partial charge >= 0.3 is 0 Å². The van der Waals surface area contributed by atoms with Gasteiger partial charge in [0.05, 0.1) is 5.41 Å². The summed E-state index contributed by atoms with van der Waals surface area (Å²) in [5.74, 6) is 2.49. The second-order valence-electron chi connectivity index (χ2n) is 10.4. The Hall–Kier alpha value is -0.0500. The second-order valence-corrected chi connectivity index (χ2v) is 11.5. The first-order valence-corrected chi connectivity index (χ1v) is 11.7. The van der Waals surface area contributed by atoms with E-state index < -0.39 is 10.3 Å².